The third-order valence-electron chi connectivity index (χ3n) is 3.39. The second-order valence-corrected chi connectivity index (χ2v) is 4.95. The largest absolute Gasteiger partial charge is 0.508 e. The molecule has 0 aliphatic heterocycles. The molecule has 2 nitrogen and oxygen atoms in total. The van der Waals surface area contributed by atoms with Crippen molar-refractivity contribution in [2.24, 2.45) is 11.8 Å². The highest BCUT2D eigenvalue weighted by Gasteiger charge is 2.20. The van der Waals surface area contributed by atoms with Crippen molar-refractivity contribution in [3.05, 3.63) is 77.8 Å². The van der Waals surface area contributed by atoms with Crippen LogP contribution < -0.4 is 4.74 Å². The van der Waals surface area contributed by atoms with Crippen molar-refractivity contribution < 1.29 is 9.84 Å². The fourth-order valence-corrected chi connectivity index (χ4v) is 2.31. The average molecular weight is 252 g/mol. The van der Waals surface area contributed by atoms with Gasteiger partial charge in [0.25, 0.3) is 0 Å². The zero-order valence-electron chi connectivity index (χ0n) is 10.8. The highest BCUT2D eigenvalue weighted by atomic mass is 16.5. The molecular weight excluding hydrogens is 236 g/mol. The van der Waals surface area contributed by atoms with E-state index in [1.54, 1.807) is 6.08 Å². The number of rotatable bonds is 2. The third-order valence-corrected chi connectivity index (χ3v) is 3.39. The quantitative estimate of drug-likeness (QED) is 0.859. The van der Waals surface area contributed by atoms with Gasteiger partial charge in [-0.25, -0.2) is 0 Å². The lowest BCUT2D eigenvalue weighted by molar-refractivity contribution is 0.406. The second-order valence-electron chi connectivity index (χ2n) is 4.95. The van der Waals surface area contributed by atoms with Crippen LogP contribution in [0, 0.1) is 18.8 Å². The molecule has 3 rings (SSSR count). The van der Waals surface area contributed by atoms with Gasteiger partial charge in [0.2, 0.25) is 0 Å². The van der Waals surface area contributed by atoms with Crippen molar-refractivity contribution >= 4 is 0 Å². The smallest absolute Gasteiger partial charge is 0.127 e. The molecule has 0 bridgehead atoms. The molecule has 1 N–H and O–H groups in total. The minimum absolute atomic E-state index is 0.232. The predicted molar refractivity (Wildman–Crippen MR) is 75.9 cm³/mol. The SMILES string of the molecule is Cc1ccc(OC2=CC3C=CC(O)=CC3C=C2)cc1. The molecule has 96 valence electrons. The molecule has 0 saturated heterocycles. The van der Waals surface area contributed by atoms with Gasteiger partial charge < -0.3 is 9.84 Å². The van der Waals surface area contributed by atoms with E-state index in [0.717, 1.165) is 11.5 Å². The molecule has 1 aromatic carbocycles. The first-order valence-electron chi connectivity index (χ1n) is 6.44. The van der Waals surface area contributed by atoms with Gasteiger partial charge in [-0.05, 0) is 43.4 Å². The summed E-state index contributed by atoms with van der Waals surface area (Å²) in [7, 11) is 0. The fraction of sp³-hybridized carbons (Fsp3) is 0.176. The summed E-state index contributed by atoms with van der Waals surface area (Å²) < 4.78 is 5.84. The minimum atomic E-state index is 0.232. The topological polar surface area (TPSA) is 29.5 Å². The van der Waals surface area contributed by atoms with Crippen molar-refractivity contribution in [2.75, 3.05) is 0 Å². The molecule has 0 radical (unpaired) electrons. The maximum Gasteiger partial charge on any atom is 0.127 e. The summed E-state index contributed by atoms with van der Waals surface area (Å²) in [5.41, 5.74) is 1.22. The molecule has 2 atom stereocenters. The molecule has 0 saturated carbocycles. The van der Waals surface area contributed by atoms with Crippen LogP contribution in [0.4, 0.5) is 0 Å². The lowest BCUT2D eigenvalue weighted by Gasteiger charge is -2.23. The predicted octanol–water partition coefficient (Wildman–Crippen LogP) is 4.07. The number of hydrogen-bond acceptors (Lipinski definition) is 2. The lowest BCUT2D eigenvalue weighted by Crippen LogP contribution is -2.14. The summed E-state index contributed by atoms with van der Waals surface area (Å²) in [5, 5.41) is 9.46. The highest BCUT2D eigenvalue weighted by molar-refractivity contribution is 5.36. The molecule has 2 aliphatic rings. The zero-order chi connectivity index (χ0) is 13.2. The van der Waals surface area contributed by atoms with Gasteiger partial charge in [-0.2, -0.15) is 0 Å². The first-order chi connectivity index (χ1) is 9.20. The number of aliphatic hydroxyl groups excluding tert-OH is 1. The van der Waals surface area contributed by atoms with Crippen LogP contribution in [-0.4, -0.2) is 5.11 Å². The Hall–Kier alpha value is -2.22. The molecule has 19 heavy (non-hydrogen) atoms. The van der Waals surface area contributed by atoms with Gasteiger partial charge in [0.15, 0.2) is 0 Å². The van der Waals surface area contributed by atoms with E-state index in [1.807, 2.05) is 42.5 Å². The van der Waals surface area contributed by atoms with Gasteiger partial charge in [-0.15, -0.1) is 0 Å². The number of hydrogen-bond donors (Lipinski definition) is 1. The van der Waals surface area contributed by atoms with Crippen molar-refractivity contribution in [3.63, 3.8) is 0 Å². The molecule has 0 amide bonds. The van der Waals surface area contributed by atoms with Crippen LogP contribution in [0.15, 0.2) is 72.2 Å². The van der Waals surface area contributed by atoms with Crippen molar-refractivity contribution in [1.29, 1.82) is 0 Å². The average Bonchev–Trinajstić information content (AvgIpc) is 2.42. The normalized spacial score (nSPS) is 24.5. The Balaban J connectivity index is 1.76. The Morgan fingerprint density at radius 3 is 2.42 bits per heavy atom. The molecule has 2 aliphatic carbocycles. The molecule has 0 aromatic heterocycles. The summed E-state index contributed by atoms with van der Waals surface area (Å²) in [6.45, 7) is 2.06. The van der Waals surface area contributed by atoms with E-state index < -0.39 is 0 Å². The van der Waals surface area contributed by atoms with Gasteiger partial charge in [0.1, 0.15) is 17.3 Å². The van der Waals surface area contributed by atoms with Crippen LogP contribution in [0.3, 0.4) is 0 Å². The van der Waals surface area contributed by atoms with E-state index in [0.29, 0.717) is 5.76 Å². The van der Waals surface area contributed by atoms with E-state index in [-0.39, 0.29) is 11.8 Å². The Labute approximate surface area is 113 Å². The summed E-state index contributed by atoms with van der Waals surface area (Å²) in [4.78, 5) is 0. The molecular formula is C17H16O2. The molecule has 2 unspecified atom stereocenters. The maximum atomic E-state index is 9.46. The molecule has 0 heterocycles. The molecule has 2 heteroatoms. The lowest BCUT2D eigenvalue weighted by atomic mass is 9.84. The Kier molecular flexibility index (Phi) is 3.00. The minimum Gasteiger partial charge on any atom is -0.508 e. The summed E-state index contributed by atoms with van der Waals surface area (Å²) in [6, 6.07) is 8.01. The van der Waals surface area contributed by atoms with E-state index in [4.69, 9.17) is 4.74 Å². The Morgan fingerprint density at radius 1 is 0.947 bits per heavy atom. The van der Waals surface area contributed by atoms with E-state index in [1.165, 1.54) is 5.56 Å². The molecule has 0 spiro atoms. The number of aryl methyl sites for hydroxylation is 1. The van der Waals surface area contributed by atoms with Crippen molar-refractivity contribution in [3.8, 4) is 5.75 Å². The number of benzene rings is 1. The van der Waals surface area contributed by atoms with E-state index >= 15 is 0 Å². The van der Waals surface area contributed by atoms with Crippen LogP contribution in [0.25, 0.3) is 0 Å². The second kappa shape index (κ2) is 4.81. The fourth-order valence-electron chi connectivity index (χ4n) is 2.31. The van der Waals surface area contributed by atoms with Crippen LogP contribution >= 0.6 is 0 Å². The van der Waals surface area contributed by atoms with Gasteiger partial charge >= 0.3 is 0 Å². The first-order valence-corrected chi connectivity index (χ1v) is 6.44. The standard InChI is InChI=1S/C17H16O2/c1-12-2-7-16(8-3-12)19-17-9-5-13-10-15(18)6-4-14(13)11-17/h2-11,13-14,18H,1H3. The van der Waals surface area contributed by atoms with Crippen LogP contribution in [0.2, 0.25) is 0 Å². The molecule has 0 fully saturated rings. The van der Waals surface area contributed by atoms with Crippen molar-refractivity contribution in [1.82, 2.24) is 0 Å². The monoisotopic (exact) mass is 252 g/mol. The Bertz CT molecular complexity index is 588. The summed E-state index contributed by atoms with van der Waals surface area (Å²) >= 11 is 0. The number of fused-ring (bicyclic) bond motifs is 1. The first kappa shape index (κ1) is 11.8. The summed E-state index contributed by atoms with van der Waals surface area (Å²) in [5.74, 6) is 2.53. The van der Waals surface area contributed by atoms with Crippen LogP contribution in [-0.2, 0) is 0 Å². The molecule has 1 aromatic rings. The number of aliphatic hydroxyl groups is 1. The summed E-state index contributed by atoms with van der Waals surface area (Å²) in [6.07, 6.45) is 11.7. The highest BCUT2D eigenvalue weighted by Crippen LogP contribution is 2.30. The van der Waals surface area contributed by atoms with Crippen molar-refractivity contribution in [2.45, 2.75) is 6.92 Å². The van der Waals surface area contributed by atoms with Crippen LogP contribution in [0.5, 0.6) is 5.75 Å². The Morgan fingerprint density at radius 2 is 1.63 bits per heavy atom. The third kappa shape index (κ3) is 2.63. The van der Waals surface area contributed by atoms with Crippen LogP contribution in [0.1, 0.15) is 5.56 Å². The van der Waals surface area contributed by atoms with Gasteiger partial charge in [-0.3, -0.25) is 0 Å². The maximum absolute atomic E-state index is 9.46. The number of ether oxygens (including phenoxy) is 1. The zero-order valence-corrected chi connectivity index (χ0v) is 10.8. The van der Waals surface area contributed by atoms with E-state index in [2.05, 4.69) is 19.1 Å². The van der Waals surface area contributed by atoms with Gasteiger partial charge in [0.05, 0.1) is 0 Å². The number of allylic oxidation sites excluding steroid dienone is 6. The van der Waals surface area contributed by atoms with Gasteiger partial charge in [0, 0.05) is 11.8 Å². The van der Waals surface area contributed by atoms with E-state index in [9.17, 15) is 5.11 Å². The van der Waals surface area contributed by atoms with Gasteiger partial charge in [-0.1, -0.05) is 29.8 Å².